The van der Waals surface area contributed by atoms with Crippen LogP contribution in [0.15, 0.2) is 64.5 Å². The summed E-state index contributed by atoms with van der Waals surface area (Å²) in [6.45, 7) is 0.599. The molecule has 0 radical (unpaired) electrons. The zero-order valence-corrected chi connectivity index (χ0v) is 12.2. The van der Waals surface area contributed by atoms with Crippen LogP contribution in [0.4, 0.5) is 0 Å². The average molecular weight is 294 g/mol. The topological polar surface area (TPSA) is 38.0 Å². The summed E-state index contributed by atoms with van der Waals surface area (Å²) in [5.74, 6) is 0. The molecule has 0 bridgehead atoms. The van der Waals surface area contributed by atoms with Gasteiger partial charge in [0.05, 0.1) is 25.0 Å². The number of benzene rings is 2. The first-order valence-corrected chi connectivity index (χ1v) is 7.73. The number of aliphatic hydroxyl groups excluding tert-OH is 1. The van der Waals surface area contributed by atoms with Crippen molar-refractivity contribution in [3.63, 3.8) is 0 Å². The van der Waals surface area contributed by atoms with E-state index in [0.29, 0.717) is 6.54 Å². The molecule has 1 aliphatic heterocycles. The fourth-order valence-electron chi connectivity index (χ4n) is 2.78. The molecule has 2 heterocycles. The Morgan fingerprint density at radius 2 is 1.57 bits per heavy atom. The Labute approximate surface area is 127 Å². The second-order valence-electron chi connectivity index (χ2n) is 4.95. The number of rotatable bonds is 2. The summed E-state index contributed by atoms with van der Waals surface area (Å²) >= 11 is 1.79. The molecule has 1 aromatic heterocycles. The summed E-state index contributed by atoms with van der Waals surface area (Å²) in [5, 5.41) is 13.8. The third-order valence-electron chi connectivity index (χ3n) is 3.69. The lowest BCUT2D eigenvalue weighted by molar-refractivity contribution is 0.270. The van der Waals surface area contributed by atoms with Crippen LogP contribution in [0, 0.1) is 0 Å². The molecule has 1 N–H and O–H groups in total. The first-order valence-electron chi connectivity index (χ1n) is 6.92. The summed E-state index contributed by atoms with van der Waals surface area (Å²) in [6.07, 6.45) is 1.91. The van der Waals surface area contributed by atoms with Gasteiger partial charge in [-0.2, -0.15) is 5.10 Å². The monoisotopic (exact) mass is 294 g/mol. The number of hydrogen-bond acceptors (Lipinski definition) is 3. The highest BCUT2D eigenvalue weighted by Crippen LogP contribution is 2.47. The largest absolute Gasteiger partial charge is 0.394 e. The fourth-order valence-corrected chi connectivity index (χ4v) is 3.87. The fraction of sp³-hybridized carbons (Fsp3) is 0.118. The summed E-state index contributed by atoms with van der Waals surface area (Å²) in [4.78, 5) is 2.47. The van der Waals surface area contributed by atoms with Gasteiger partial charge in [-0.25, -0.2) is 0 Å². The molecule has 2 aromatic carbocycles. The molecular formula is C17H14N2OS. The Morgan fingerprint density at radius 3 is 2.33 bits per heavy atom. The Hall–Kier alpha value is -2.04. The van der Waals surface area contributed by atoms with Crippen molar-refractivity contribution >= 4 is 11.8 Å². The van der Waals surface area contributed by atoms with Crippen LogP contribution in [-0.4, -0.2) is 21.5 Å². The van der Waals surface area contributed by atoms with Crippen LogP contribution in [0.25, 0.3) is 22.4 Å². The van der Waals surface area contributed by atoms with Gasteiger partial charge in [-0.1, -0.05) is 48.2 Å². The van der Waals surface area contributed by atoms with Crippen molar-refractivity contribution in [2.45, 2.75) is 16.3 Å². The van der Waals surface area contributed by atoms with E-state index in [1.807, 2.05) is 10.9 Å². The normalized spacial score (nSPS) is 12.2. The van der Waals surface area contributed by atoms with Crippen molar-refractivity contribution in [2.24, 2.45) is 0 Å². The second-order valence-corrected chi connectivity index (χ2v) is 6.03. The van der Waals surface area contributed by atoms with E-state index in [4.69, 9.17) is 0 Å². The van der Waals surface area contributed by atoms with Gasteiger partial charge in [0.2, 0.25) is 0 Å². The molecule has 0 amide bonds. The van der Waals surface area contributed by atoms with E-state index in [0.717, 1.165) is 11.3 Å². The van der Waals surface area contributed by atoms with Crippen LogP contribution >= 0.6 is 11.8 Å². The van der Waals surface area contributed by atoms with Gasteiger partial charge in [0.1, 0.15) is 0 Å². The quantitative estimate of drug-likeness (QED) is 0.613. The van der Waals surface area contributed by atoms with Gasteiger partial charge >= 0.3 is 0 Å². The smallest absolute Gasteiger partial charge is 0.0773 e. The van der Waals surface area contributed by atoms with Crippen molar-refractivity contribution in [1.29, 1.82) is 0 Å². The average Bonchev–Trinajstić information content (AvgIpc) is 2.86. The van der Waals surface area contributed by atoms with Gasteiger partial charge in [0, 0.05) is 20.9 Å². The molecule has 0 aliphatic carbocycles. The molecule has 4 heteroatoms. The maximum Gasteiger partial charge on any atom is 0.0773 e. The maximum atomic E-state index is 9.29. The zero-order chi connectivity index (χ0) is 14.2. The number of hydrogen-bond donors (Lipinski definition) is 1. The van der Waals surface area contributed by atoms with Gasteiger partial charge in [-0.05, 0) is 17.7 Å². The lowest BCUT2D eigenvalue weighted by atomic mass is 10.0. The molecule has 4 rings (SSSR count). The molecule has 1 aliphatic rings. The minimum absolute atomic E-state index is 0.0884. The molecule has 0 atom stereocenters. The van der Waals surface area contributed by atoms with Crippen molar-refractivity contribution in [3.05, 3.63) is 54.7 Å². The molecule has 3 aromatic rings. The van der Waals surface area contributed by atoms with E-state index in [1.54, 1.807) is 11.8 Å². The van der Waals surface area contributed by atoms with E-state index in [1.165, 1.54) is 20.9 Å². The Balaban J connectivity index is 2.06. The van der Waals surface area contributed by atoms with Crippen molar-refractivity contribution in [2.75, 3.05) is 6.61 Å². The Kier molecular flexibility index (Phi) is 3.05. The number of fused-ring (bicyclic) bond motifs is 5. The molecule has 21 heavy (non-hydrogen) atoms. The Morgan fingerprint density at radius 1 is 0.905 bits per heavy atom. The third kappa shape index (κ3) is 1.99. The summed E-state index contributed by atoms with van der Waals surface area (Å²) < 4.78 is 1.90. The lowest BCUT2D eigenvalue weighted by Gasteiger charge is -2.09. The third-order valence-corrected chi connectivity index (χ3v) is 4.84. The predicted molar refractivity (Wildman–Crippen MR) is 84.3 cm³/mol. The SMILES string of the molecule is OCCn1ncc2c1-c1ccccc1Sc1ccccc1-2. The first kappa shape index (κ1) is 12.7. The number of aromatic nitrogens is 2. The Bertz CT molecular complexity index is 810. The standard InChI is InChI=1S/C17H14N2OS/c20-10-9-19-17-13-6-2-4-8-16(13)21-15-7-3-1-5-12(15)14(17)11-18-19/h1-8,11,20H,9-10H2. The van der Waals surface area contributed by atoms with E-state index in [2.05, 4.69) is 53.6 Å². The molecule has 0 saturated heterocycles. The van der Waals surface area contributed by atoms with E-state index in [9.17, 15) is 5.11 Å². The van der Waals surface area contributed by atoms with Gasteiger partial charge in [-0.3, -0.25) is 4.68 Å². The molecule has 0 fully saturated rings. The van der Waals surface area contributed by atoms with Gasteiger partial charge < -0.3 is 5.11 Å². The van der Waals surface area contributed by atoms with Crippen molar-refractivity contribution in [1.82, 2.24) is 9.78 Å². The zero-order valence-electron chi connectivity index (χ0n) is 11.4. The van der Waals surface area contributed by atoms with Crippen LogP contribution < -0.4 is 0 Å². The first-order chi connectivity index (χ1) is 10.4. The van der Waals surface area contributed by atoms with Gasteiger partial charge in [0.25, 0.3) is 0 Å². The number of aliphatic hydroxyl groups is 1. The maximum absolute atomic E-state index is 9.29. The molecule has 104 valence electrons. The van der Waals surface area contributed by atoms with Crippen LogP contribution in [0.3, 0.4) is 0 Å². The highest BCUT2D eigenvalue weighted by atomic mass is 32.2. The molecule has 0 spiro atoms. The van der Waals surface area contributed by atoms with Crippen LogP contribution in [0.2, 0.25) is 0 Å². The lowest BCUT2D eigenvalue weighted by Crippen LogP contribution is -2.05. The molecular weight excluding hydrogens is 280 g/mol. The van der Waals surface area contributed by atoms with E-state index < -0.39 is 0 Å². The van der Waals surface area contributed by atoms with Crippen LogP contribution in [-0.2, 0) is 6.54 Å². The van der Waals surface area contributed by atoms with Gasteiger partial charge in [-0.15, -0.1) is 0 Å². The van der Waals surface area contributed by atoms with Crippen LogP contribution in [0.1, 0.15) is 0 Å². The summed E-state index contributed by atoms with van der Waals surface area (Å²) in [7, 11) is 0. The van der Waals surface area contributed by atoms with E-state index >= 15 is 0 Å². The minimum atomic E-state index is 0.0884. The minimum Gasteiger partial charge on any atom is -0.394 e. The summed E-state index contributed by atoms with van der Waals surface area (Å²) in [6, 6.07) is 16.8. The number of nitrogens with zero attached hydrogens (tertiary/aromatic N) is 2. The molecule has 0 unspecified atom stereocenters. The van der Waals surface area contributed by atoms with E-state index in [-0.39, 0.29) is 6.61 Å². The predicted octanol–water partition coefficient (Wildman–Crippen LogP) is 3.67. The summed E-state index contributed by atoms with van der Waals surface area (Å²) in [5.41, 5.74) is 4.62. The highest BCUT2D eigenvalue weighted by Gasteiger charge is 2.23. The van der Waals surface area contributed by atoms with Gasteiger partial charge in [0.15, 0.2) is 0 Å². The molecule has 3 nitrogen and oxygen atoms in total. The highest BCUT2D eigenvalue weighted by molar-refractivity contribution is 7.99. The molecule has 0 saturated carbocycles. The second kappa shape index (κ2) is 5.06. The van der Waals surface area contributed by atoms with Crippen molar-refractivity contribution in [3.8, 4) is 22.4 Å². The van der Waals surface area contributed by atoms with Crippen molar-refractivity contribution < 1.29 is 5.11 Å². The van der Waals surface area contributed by atoms with Crippen LogP contribution in [0.5, 0.6) is 0 Å².